The second kappa shape index (κ2) is 23.7. The van der Waals surface area contributed by atoms with E-state index in [1.165, 1.54) is 122 Å². The van der Waals surface area contributed by atoms with Crippen molar-refractivity contribution in [2.75, 3.05) is 6.61 Å². The lowest BCUT2D eigenvalue weighted by Crippen LogP contribution is -1.85. The number of aliphatic hydroxyl groups is 1. The van der Waals surface area contributed by atoms with Gasteiger partial charge in [-0.05, 0) is 32.1 Å². The van der Waals surface area contributed by atoms with Crippen molar-refractivity contribution in [3.63, 3.8) is 0 Å². The van der Waals surface area contributed by atoms with E-state index < -0.39 is 0 Å². The van der Waals surface area contributed by atoms with Crippen LogP contribution in [0.4, 0.5) is 0 Å². The van der Waals surface area contributed by atoms with Gasteiger partial charge in [-0.1, -0.05) is 115 Å². The Bertz CT molecular complexity index is 246. The van der Waals surface area contributed by atoms with Crippen LogP contribution in [0.15, 0.2) is 12.2 Å². The number of hydrogen-bond acceptors (Lipinski definition) is 1. The molecule has 0 fully saturated rings. The van der Waals surface area contributed by atoms with Gasteiger partial charge < -0.3 is 5.11 Å². The van der Waals surface area contributed by atoms with Gasteiger partial charge in [0.25, 0.3) is 0 Å². The number of rotatable bonds is 21. The summed E-state index contributed by atoms with van der Waals surface area (Å²) in [5.41, 5.74) is 0. The van der Waals surface area contributed by atoms with Gasteiger partial charge in [0.1, 0.15) is 0 Å². The molecule has 0 aromatic heterocycles. The van der Waals surface area contributed by atoms with Crippen LogP contribution in [0.2, 0.25) is 0 Å². The van der Waals surface area contributed by atoms with Crippen LogP contribution in [0.5, 0.6) is 0 Å². The quantitative estimate of drug-likeness (QED) is 0.162. The first-order valence-corrected chi connectivity index (χ1v) is 11.7. The second-order valence-electron chi connectivity index (χ2n) is 7.78. The maximum Gasteiger partial charge on any atom is 0.0431 e. The Morgan fingerprint density at radius 1 is 0.440 bits per heavy atom. The van der Waals surface area contributed by atoms with E-state index in [4.69, 9.17) is 5.11 Å². The van der Waals surface area contributed by atoms with Crippen LogP contribution in [-0.4, -0.2) is 11.7 Å². The molecule has 1 heteroatoms. The maximum absolute atomic E-state index is 8.72. The fraction of sp³-hybridized carbons (Fsp3) is 0.917. The van der Waals surface area contributed by atoms with E-state index >= 15 is 0 Å². The highest BCUT2D eigenvalue weighted by Gasteiger charge is 1.94. The van der Waals surface area contributed by atoms with Crippen LogP contribution in [0.1, 0.15) is 135 Å². The summed E-state index contributed by atoms with van der Waals surface area (Å²) < 4.78 is 0. The first-order chi connectivity index (χ1) is 12.4. The molecule has 0 amide bonds. The Hall–Kier alpha value is -0.300. The molecule has 0 atom stereocenters. The summed E-state index contributed by atoms with van der Waals surface area (Å²) in [6.07, 6.45) is 32.1. The second-order valence-corrected chi connectivity index (χ2v) is 7.78. The highest BCUT2D eigenvalue weighted by Crippen LogP contribution is 2.13. The first-order valence-electron chi connectivity index (χ1n) is 11.7. The van der Waals surface area contributed by atoms with Crippen molar-refractivity contribution in [2.45, 2.75) is 135 Å². The molecule has 1 nitrogen and oxygen atoms in total. The van der Waals surface area contributed by atoms with Crippen molar-refractivity contribution in [2.24, 2.45) is 0 Å². The Labute approximate surface area is 159 Å². The molecule has 0 aliphatic heterocycles. The summed E-state index contributed by atoms with van der Waals surface area (Å²) >= 11 is 0. The summed E-state index contributed by atoms with van der Waals surface area (Å²) in [6.45, 7) is 2.65. The van der Waals surface area contributed by atoms with Crippen molar-refractivity contribution in [1.29, 1.82) is 0 Å². The van der Waals surface area contributed by atoms with Gasteiger partial charge in [0.2, 0.25) is 0 Å². The number of unbranched alkanes of at least 4 members (excludes halogenated alkanes) is 18. The SMILES string of the molecule is CCCCCCC/C=C\CCCCCCCCCCCCCCCO. The summed E-state index contributed by atoms with van der Waals surface area (Å²) in [7, 11) is 0. The first kappa shape index (κ1) is 24.7. The molecule has 150 valence electrons. The predicted molar refractivity (Wildman–Crippen MR) is 114 cm³/mol. The third kappa shape index (κ3) is 23.7. The van der Waals surface area contributed by atoms with Crippen LogP contribution >= 0.6 is 0 Å². The van der Waals surface area contributed by atoms with Gasteiger partial charge in [-0.2, -0.15) is 0 Å². The lowest BCUT2D eigenvalue weighted by atomic mass is 10.0. The van der Waals surface area contributed by atoms with Crippen LogP contribution in [0, 0.1) is 0 Å². The normalized spacial score (nSPS) is 11.6. The molecule has 0 spiro atoms. The molecule has 0 bridgehead atoms. The van der Waals surface area contributed by atoms with Gasteiger partial charge in [-0.25, -0.2) is 0 Å². The van der Waals surface area contributed by atoms with Gasteiger partial charge in [-0.15, -0.1) is 0 Å². The molecule has 1 N–H and O–H groups in total. The molecule has 0 aromatic carbocycles. The zero-order chi connectivity index (χ0) is 18.3. The van der Waals surface area contributed by atoms with E-state index in [0.717, 1.165) is 6.42 Å². The fourth-order valence-corrected chi connectivity index (χ4v) is 3.42. The minimum Gasteiger partial charge on any atom is -0.396 e. The Morgan fingerprint density at radius 2 is 0.760 bits per heavy atom. The molecule has 0 aliphatic carbocycles. The predicted octanol–water partition coefficient (Wildman–Crippen LogP) is 8.36. The van der Waals surface area contributed by atoms with E-state index in [9.17, 15) is 0 Å². The highest BCUT2D eigenvalue weighted by molar-refractivity contribution is 4.81. The summed E-state index contributed by atoms with van der Waals surface area (Å²) in [6, 6.07) is 0. The van der Waals surface area contributed by atoms with Crippen LogP contribution in [0.3, 0.4) is 0 Å². The van der Waals surface area contributed by atoms with Gasteiger partial charge in [-0.3, -0.25) is 0 Å². The fourth-order valence-electron chi connectivity index (χ4n) is 3.42. The smallest absolute Gasteiger partial charge is 0.0431 e. The van der Waals surface area contributed by atoms with Gasteiger partial charge in [0, 0.05) is 6.61 Å². The van der Waals surface area contributed by atoms with E-state index in [0.29, 0.717) is 6.61 Å². The summed E-state index contributed by atoms with van der Waals surface area (Å²) in [5, 5.41) is 8.72. The standard InChI is InChI=1S/C24H48O/c1-2-3-4-5-6-7-8-9-10-11-12-13-14-15-16-17-18-19-20-21-22-23-24-25/h8-9,25H,2-7,10-24H2,1H3/b9-8-. The topological polar surface area (TPSA) is 20.2 Å². The molecular weight excluding hydrogens is 304 g/mol. The Kier molecular flexibility index (Phi) is 23.4. The van der Waals surface area contributed by atoms with Gasteiger partial charge in [0.05, 0.1) is 0 Å². The molecule has 0 unspecified atom stereocenters. The van der Waals surface area contributed by atoms with Crippen molar-refractivity contribution in [1.82, 2.24) is 0 Å². The Balaban J connectivity index is 3.02. The van der Waals surface area contributed by atoms with E-state index in [-0.39, 0.29) is 0 Å². The largest absolute Gasteiger partial charge is 0.396 e. The highest BCUT2D eigenvalue weighted by atomic mass is 16.2. The monoisotopic (exact) mass is 352 g/mol. The van der Waals surface area contributed by atoms with Gasteiger partial charge in [0.15, 0.2) is 0 Å². The lowest BCUT2D eigenvalue weighted by molar-refractivity contribution is 0.282. The number of hydrogen-bond donors (Lipinski definition) is 1. The molecule has 0 radical (unpaired) electrons. The molecule has 0 saturated carbocycles. The Morgan fingerprint density at radius 3 is 1.12 bits per heavy atom. The number of aliphatic hydroxyl groups excluding tert-OH is 1. The van der Waals surface area contributed by atoms with Crippen molar-refractivity contribution in [3.05, 3.63) is 12.2 Å². The van der Waals surface area contributed by atoms with E-state index in [2.05, 4.69) is 19.1 Å². The van der Waals surface area contributed by atoms with Crippen LogP contribution in [-0.2, 0) is 0 Å². The lowest BCUT2D eigenvalue weighted by Gasteiger charge is -2.02. The zero-order valence-corrected chi connectivity index (χ0v) is 17.5. The molecule has 0 saturated heterocycles. The third-order valence-corrected chi connectivity index (χ3v) is 5.17. The average Bonchev–Trinajstić information content (AvgIpc) is 2.63. The summed E-state index contributed by atoms with van der Waals surface area (Å²) in [5.74, 6) is 0. The average molecular weight is 353 g/mol. The molecule has 0 heterocycles. The molecule has 0 aromatic rings. The van der Waals surface area contributed by atoms with Crippen molar-refractivity contribution in [3.8, 4) is 0 Å². The van der Waals surface area contributed by atoms with Crippen molar-refractivity contribution < 1.29 is 5.11 Å². The van der Waals surface area contributed by atoms with E-state index in [1.807, 2.05) is 0 Å². The zero-order valence-electron chi connectivity index (χ0n) is 17.5. The third-order valence-electron chi connectivity index (χ3n) is 5.17. The molecule has 0 rings (SSSR count). The van der Waals surface area contributed by atoms with Crippen molar-refractivity contribution >= 4 is 0 Å². The van der Waals surface area contributed by atoms with E-state index in [1.54, 1.807) is 0 Å². The number of allylic oxidation sites excluding steroid dienone is 2. The van der Waals surface area contributed by atoms with Crippen LogP contribution < -0.4 is 0 Å². The summed E-state index contributed by atoms with van der Waals surface area (Å²) in [4.78, 5) is 0. The minimum absolute atomic E-state index is 0.370. The molecule has 0 aliphatic rings. The van der Waals surface area contributed by atoms with Gasteiger partial charge >= 0.3 is 0 Å². The molecule has 25 heavy (non-hydrogen) atoms. The minimum atomic E-state index is 0.370. The van der Waals surface area contributed by atoms with Crippen LogP contribution in [0.25, 0.3) is 0 Å². The maximum atomic E-state index is 8.72. The molecular formula is C24H48O.